The smallest absolute Gasteiger partial charge is 0.337 e. The number of carboxylic acids is 1. The second-order valence-corrected chi connectivity index (χ2v) is 5.59. The molecule has 0 fully saturated rings. The fraction of sp³-hybridized carbons (Fsp3) is 0.222. The van der Waals surface area contributed by atoms with Crippen LogP contribution in [0.5, 0.6) is 5.75 Å². The van der Waals surface area contributed by atoms with Gasteiger partial charge in [0.1, 0.15) is 5.75 Å². The fourth-order valence-corrected chi connectivity index (χ4v) is 2.21. The molecule has 0 saturated heterocycles. The molecule has 5 nitrogen and oxygen atoms in total. The van der Waals surface area contributed by atoms with Crippen molar-refractivity contribution in [3.8, 4) is 5.75 Å². The zero-order valence-corrected chi connectivity index (χ0v) is 14.0. The van der Waals surface area contributed by atoms with E-state index in [2.05, 4.69) is 12.2 Å². The van der Waals surface area contributed by atoms with Gasteiger partial charge in [0.25, 0.3) is 5.91 Å². The fourth-order valence-electron chi connectivity index (χ4n) is 2.01. The molecule has 24 heavy (non-hydrogen) atoms. The predicted molar refractivity (Wildman–Crippen MR) is 93.2 cm³/mol. The Morgan fingerprint density at radius 1 is 1.17 bits per heavy atom. The van der Waals surface area contributed by atoms with Crippen LogP contribution >= 0.6 is 11.6 Å². The molecule has 0 spiro atoms. The normalized spacial score (nSPS) is 10.2. The van der Waals surface area contributed by atoms with Crippen LogP contribution in [0.2, 0.25) is 5.02 Å². The van der Waals surface area contributed by atoms with E-state index in [0.717, 1.165) is 12.8 Å². The number of halogens is 1. The van der Waals surface area contributed by atoms with Gasteiger partial charge in [-0.25, -0.2) is 4.79 Å². The highest BCUT2D eigenvalue weighted by Gasteiger charge is 2.12. The first kappa shape index (κ1) is 17.8. The van der Waals surface area contributed by atoms with Gasteiger partial charge in [-0.3, -0.25) is 4.79 Å². The monoisotopic (exact) mass is 347 g/mol. The minimum absolute atomic E-state index is 0.0610. The Labute approximate surface area is 145 Å². The van der Waals surface area contributed by atoms with Crippen molar-refractivity contribution in [2.75, 3.05) is 11.9 Å². The highest BCUT2D eigenvalue weighted by Crippen LogP contribution is 2.21. The van der Waals surface area contributed by atoms with E-state index in [9.17, 15) is 9.59 Å². The van der Waals surface area contributed by atoms with Crippen LogP contribution in [0.25, 0.3) is 0 Å². The van der Waals surface area contributed by atoms with Gasteiger partial charge in [0.15, 0.2) is 0 Å². The van der Waals surface area contributed by atoms with Gasteiger partial charge in [0.05, 0.1) is 17.2 Å². The lowest BCUT2D eigenvalue weighted by molar-refractivity contribution is 0.0696. The van der Waals surface area contributed by atoms with E-state index in [1.54, 1.807) is 30.3 Å². The van der Waals surface area contributed by atoms with E-state index in [1.165, 1.54) is 12.1 Å². The second-order valence-electron chi connectivity index (χ2n) is 5.18. The van der Waals surface area contributed by atoms with Gasteiger partial charge in [0, 0.05) is 11.3 Å². The molecule has 2 aromatic rings. The third-order valence-corrected chi connectivity index (χ3v) is 3.67. The van der Waals surface area contributed by atoms with Gasteiger partial charge < -0.3 is 15.2 Å². The number of aromatic carboxylic acids is 1. The zero-order chi connectivity index (χ0) is 17.5. The number of carbonyl (C=O) groups excluding carboxylic acids is 1. The van der Waals surface area contributed by atoms with Crippen LogP contribution in [-0.4, -0.2) is 23.6 Å². The molecule has 0 aliphatic rings. The van der Waals surface area contributed by atoms with Crippen molar-refractivity contribution in [1.82, 2.24) is 0 Å². The third kappa shape index (κ3) is 4.73. The molecule has 6 heteroatoms. The Morgan fingerprint density at radius 2 is 1.88 bits per heavy atom. The van der Waals surface area contributed by atoms with Crippen LogP contribution in [0.4, 0.5) is 5.69 Å². The van der Waals surface area contributed by atoms with Crippen molar-refractivity contribution in [2.45, 2.75) is 19.8 Å². The summed E-state index contributed by atoms with van der Waals surface area (Å²) in [6.45, 7) is 2.73. The number of ether oxygens (including phenoxy) is 1. The number of carboxylic acid groups (broad SMARTS) is 1. The number of benzene rings is 2. The van der Waals surface area contributed by atoms with Crippen LogP contribution < -0.4 is 10.1 Å². The first-order valence-electron chi connectivity index (χ1n) is 7.58. The van der Waals surface area contributed by atoms with Crippen molar-refractivity contribution in [3.05, 3.63) is 58.6 Å². The summed E-state index contributed by atoms with van der Waals surface area (Å²) in [7, 11) is 0. The Hall–Kier alpha value is -2.53. The highest BCUT2D eigenvalue weighted by atomic mass is 35.5. The van der Waals surface area contributed by atoms with Crippen LogP contribution in [-0.2, 0) is 0 Å². The molecular weight excluding hydrogens is 330 g/mol. The summed E-state index contributed by atoms with van der Waals surface area (Å²) < 4.78 is 5.54. The van der Waals surface area contributed by atoms with Crippen LogP contribution in [0.3, 0.4) is 0 Å². The van der Waals surface area contributed by atoms with Gasteiger partial charge in [0.2, 0.25) is 0 Å². The molecule has 2 N–H and O–H groups in total. The number of amides is 1. The Bertz CT molecular complexity index is 728. The molecule has 0 saturated carbocycles. The molecule has 1 amide bonds. The molecule has 2 aromatic carbocycles. The second kappa shape index (κ2) is 8.36. The molecule has 0 aliphatic carbocycles. The molecule has 0 unspecified atom stereocenters. The summed E-state index contributed by atoms with van der Waals surface area (Å²) in [5, 5.41) is 11.8. The number of rotatable bonds is 7. The van der Waals surface area contributed by atoms with Crippen molar-refractivity contribution < 1.29 is 19.4 Å². The lowest BCUT2D eigenvalue weighted by atomic mass is 10.1. The average molecular weight is 348 g/mol. The zero-order valence-electron chi connectivity index (χ0n) is 13.2. The summed E-state index contributed by atoms with van der Waals surface area (Å²) >= 11 is 5.81. The molecule has 2 rings (SSSR count). The van der Waals surface area contributed by atoms with E-state index >= 15 is 0 Å². The van der Waals surface area contributed by atoms with Crippen molar-refractivity contribution in [1.29, 1.82) is 0 Å². The highest BCUT2D eigenvalue weighted by molar-refractivity contribution is 6.33. The van der Waals surface area contributed by atoms with Crippen molar-refractivity contribution >= 4 is 29.2 Å². The summed E-state index contributed by atoms with van der Waals surface area (Å²) in [5.74, 6) is -0.780. The van der Waals surface area contributed by atoms with Gasteiger partial charge >= 0.3 is 5.97 Å². The molecule has 0 aromatic heterocycles. The Morgan fingerprint density at radius 3 is 2.50 bits per heavy atom. The standard InChI is InChI=1S/C18H18ClNO4/c1-2-3-10-24-14-7-4-12(5-8-14)17(21)20-13-6-9-16(19)15(11-13)18(22)23/h4-9,11H,2-3,10H2,1H3,(H,20,21)(H,22,23). The van der Waals surface area contributed by atoms with Gasteiger partial charge in [-0.1, -0.05) is 24.9 Å². The Kier molecular flexibility index (Phi) is 6.21. The lowest BCUT2D eigenvalue weighted by Crippen LogP contribution is -2.12. The molecule has 0 bridgehead atoms. The molecule has 0 aliphatic heterocycles. The van der Waals surface area contributed by atoms with E-state index in [4.69, 9.17) is 21.4 Å². The van der Waals surface area contributed by atoms with Gasteiger partial charge in [-0.2, -0.15) is 0 Å². The third-order valence-electron chi connectivity index (χ3n) is 3.34. The topological polar surface area (TPSA) is 75.6 Å². The average Bonchev–Trinajstić information content (AvgIpc) is 2.57. The number of nitrogens with one attached hydrogen (secondary N) is 1. The predicted octanol–water partition coefficient (Wildman–Crippen LogP) is 4.47. The minimum atomic E-state index is -1.15. The first-order valence-corrected chi connectivity index (χ1v) is 7.96. The first-order chi connectivity index (χ1) is 11.5. The number of hydrogen-bond donors (Lipinski definition) is 2. The lowest BCUT2D eigenvalue weighted by Gasteiger charge is -2.09. The van der Waals surface area contributed by atoms with Crippen molar-refractivity contribution in [3.63, 3.8) is 0 Å². The SMILES string of the molecule is CCCCOc1ccc(C(=O)Nc2ccc(Cl)c(C(=O)O)c2)cc1. The van der Waals surface area contributed by atoms with Gasteiger partial charge in [-0.15, -0.1) is 0 Å². The van der Waals surface area contributed by atoms with E-state index in [1.807, 2.05) is 0 Å². The maximum Gasteiger partial charge on any atom is 0.337 e. The number of unbranched alkanes of at least 4 members (excludes halogenated alkanes) is 1. The molecule has 0 heterocycles. The molecule has 0 radical (unpaired) electrons. The Balaban J connectivity index is 2.04. The van der Waals surface area contributed by atoms with Gasteiger partial charge in [-0.05, 0) is 48.9 Å². The number of hydrogen-bond acceptors (Lipinski definition) is 3. The summed E-state index contributed by atoms with van der Waals surface area (Å²) in [6.07, 6.45) is 2.03. The maximum absolute atomic E-state index is 12.2. The summed E-state index contributed by atoms with van der Waals surface area (Å²) in [4.78, 5) is 23.3. The van der Waals surface area contributed by atoms with E-state index in [0.29, 0.717) is 23.6 Å². The van der Waals surface area contributed by atoms with E-state index < -0.39 is 5.97 Å². The molecule has 126 valence electrons. The summed E-state index contributed by atoms with van der Waals surface area (Å²) in [5.41, 5.74) is 0.754. The van der Waals surface area contributed by atoms with Crippen LogP contribution in [0.1, 0.15) is 40.5 Å². The molecular formula is C18H18ClNO4. The maximum atomic E-state index is 12.2. The van der Waals surface area contributed by atoms with Crippen LogP contribution in [0, 0.1) is 0 Å². The quantitative estimate of drug-likeness (QED) is 0.724. The number of carbonyl (C=O) groups is 2. The van der Waals surface area contributed by atoms with E-state index in [-0.39, 0.29) is 16.5 Å². The number of anilines is 1. The van der Waals surface area contributed by atoms with Crippen LogP contribution in [0.15, 0.2) is 42.5 Å². The minimum Gasteiger partial charge on any atom is -0.494 e. The van der Waals surface area contributed by atoms with Crippen molar-refractivity contribution in [2.24, 2.45) is 0 Å². The largest absolute Gasteiger partial charge is 0.494 e. The summed E-state index contributed by atoms with van der Waals surface area (Å²) in [6, 6.07) is 11.1. The molecule has 0 atom stereocenters.